The minimum Gasteiger partial charge on any atom is -0.392 e. The van der Waals surface area contributed by atoms with Gasteiger partial charge in [-0.05, 0) is 19.1 Å². The van der Waals surface area contributed by atoms with Crippen LogP contribution in [0.15, 0.2) is 18.3 Å². The van der Waals surface area contributed by atoms with E-state index in [9.17, 15) is 9.18 Å². The van der Waals surface area contributed by atoms with Crippen LogP contribution < -0.4 is 5.32 Å². The Hall–Kier alpha value is -1.49. The molecule has 0 aromatic carbocycles. The zero-order chi connectivity index (χ0) is 10.6. The fourth-order valence-electron chi connectivity index (χ4n) is 0.853. The Morgan fingerprint density at radius 2 is 2.43 bits per heavy atom. The molecule has 1 rings (SSSR count). The van der Waals surface area contributed by atoms with Crippen LogP contribution in [0.4, 0.5) is 4.39 Å². The maximum atomic E-state index is 12.4. The van der Waals surface area contributed by atoms with Crippen molar-refractivity contribution in [3.63, 3.8) is 0 Å². The molecule has 14 heavy (non-hydrogen) atoms. The van der Waals surface area contributed by atoms with Crippen molar-refractivity contribution in [1.82, 2.24) is 10.3 Å². The number of hydrogen-bond acceptors (Lipinski definition) is 3. The molecule has 0 fully saturated rings. The summed E-state index contributed by atoms with van der Waals surface area (Å²) in [5.41, 5.74) is 0.270. The number of carbonyl (C=O) groups excluding carboxylic acids is 1. The van der Waals surface area contributed by atoms with Gasteiger partial charge in [0, 0.05) is 12.7 Å². The average Bonchev–Trinajstić information content (AvgIpc) is 2.15. The van der Waals surface area contributed by atoms with E-state index in [2.05, 4.69) is 10.3 Å². The second-order valence-electron chi connectivity index (χ2n) is 2.93. The van der Waals surface area contributed by atoms with Crippen LogP contribution in [0.5, 0.6) is 0 Å². The molecule has 0 bridgehead atoms. The molecule has 4 nitrogen and oxygen atoms in total. The summed E-state index contributed by atoms with van der Waals surface area (Å²) in [6.07, 6.45) is 0.541. The third kappa shape index (κ3) is 3.10. The fraction of sp³-hybridized carbons (Fsp3) is 0.333. The number of carbonyl (C=O) groups is 1. The highest BCUT2D eigenvalue weighted by Crippen LogP contribution is 1.98. The van der Waals surface area contributed by atoms with Crippen molar-refractivity contribution in [2.75, 3.05) is 6.54 Å². The lowest BCUT2D eigenvalue weighted by atomic mass is 10.2. The van der Waals surface area contributed by atoms with Gasteiger partial charge in [-0.2, -0.15) is 4.39 Å². The molecule has 1 amide bonds. The monoisotopic (exact) mass is 198 g/mol. The van der Waals surface area contributed by atoms with Gasteiger partial charge in [-0.25, -0.2) is 4.98 Å². The molecule has 5 heteroatoms. The number of aliphatic hydroxyl groups is 1. The van der Waals surface area contributed by atoms with Crippen molar-refractivity contribution in [3.05, 3.63) is 29.8 Å². The van der Waals surface area contributed by atoms with E-state index in [4.69, 9.17) is 5.11 Å². The summed E-state index contributed by atoms with van der Waals surface area (Å²) in [5.74, 6) is -1.00. The molecule has 1 unspecified atom stereocenters. The first-order valence-electron chi connectivity index (χ1n) is 4.17. The van der Waals surface area contributed by atoms with Crippen LogP contribution in [0.25, 0.3) is 0 Å². The van der Waals surface area contributed by atoms with Gasteiger partial charge in [0.2, 0.25) is 5.95 Å². The lowest BCUT2D eigenvalue weighted by molar-refractivity contribution is 0.0923. The third-order valence-corrected chi connectivity index (χ3v) is 1.55. The van der Waals surface area contributed by atoms with E-state index >= 15 is 0 Å². The zero-order valence-electron chi connectivity index (χ0n) is 7.70. The Morgan fingerprint density at radius 1 is 1.71 bits per heavy atom. The van der Waals surface area contributed by atoms with Crippen molar-refractivity contribution >= 4 is 5.91 Å². The number of halogens is 1. The van der Waals surface area contributed by atoms with Crippen molar-refractivity contribution in [2.45, 2.75) is 13.0 Å². The molecule has 0 saturated heterocycles. The van der Waals surface area contributed by atoms with E-state index in [0.29, 0.717) is 0 Å². The number of amides is 1. The summed E-state index contributed by atoms with van der Waals surface area (Å²) >= 11 is 0. The van der Waals surface area contributed by atoms with Crippen molar-refractivity contribution in [1.29, 1.82) is 0 Å². The molecular weight excluding hydrogens is 187 g/mol. The molecule has 0 radical (unpaired) electrons. The van der Waals surface area contributed by atoms with E-state index in [1.165, 1.54) is 6.07 Å². The number of nitrogens with zero attached hydrogens (tertiary/aromatic N) is 1. The number of aromatic nitrogens is 1. The predicted molar refractivity (Wildman–Crippen MR) is 48.2 cm³/mol. The van der Waals surface area contributed by atoms with Gasteiger partial charge in [0.15, 0.2) is 0 Å². The van der Waals surface area contributed by atoms with Crippen LogP contribution >= 0.6 is 0 Å². The summed E-state index contributed by atoms with van der Waals surface area (Å²) in [6, 6.07) is 2.44. The van der Waals surface area contributed by atoms with Crippen molar-refractivity contribution in [2.24, 2.45) is 0 Å². The molecule has 1 atom stereocenters. The second-order valence-corrected chi connectivity index (χ2v) is 2.93. The zero-order valence-corrected chi connectivity index (χ0v) is 7.70. The molecule has 76 valence electrons. The maximum Gasteiger partial charge on any atom is 0.252 e. The number of aliphatic hydroxyl groups excluding tert-OH is 1. The lowest BCUT2D eigenvalue weighted by Crippen LogP contribution is -2.30. The van der Waals surface area contributed by atoms with Gasteiger partial charge in [-0.1, -0.05) is 0 Å². The minimum atomic E-state index is -0.628. The first-order valence-corrected chi connectivity index (χ1v) is 4.17. The van der Waals surface area contributed by atoms with Gasteiger partial charge in [0.05, 0.1) is 11.7 Å². The Morgan fingerprint density at radius 3 is 2.93 bits per heavy atom. The molecule has 2 N–H and O–H groups in total. The highest BCUT2D eigenvalue weighted by atomic mass is 19.1. The Kier molecular flexibility index (Phi) is 3.53. The highest BCUT2D eigenvalue weighted by Gasteiger charge is 2.06. The van der Waals surface area contributed by atoms with Gasteiger partial charge < -0.3 is 10.4 Å². The summed E-state index contributed by atoms with van der Waals surface area (Å²) in [7, 11) is 0. The Bertz CT molecular complexity index is 311. The lowest BCUT2D eigenvalue weighted by Gasteiger charge is -2.06. The number of pyridine rings is 1. The van der Waals surface area contributed by atoms with E-state index < -0.39 is 12.1 Å². The smallest absolute Gasteiger partial charge is 0.252 e. The standard InChI is InChI=1S/C9H11FN2O2/c1-6(13)4-12-9(14)7-2-3-8(10)11-5-7/h2-3,5-6,13H,4H2,1H3,(H,12,14). The van der Waals surface area contributed by atoms with Crippen LogP contribution in [0.3, 0.4) is 0 Å². The second kappa shape index (κ2) is 4.66. The number of hydrogen-bond donors (Lipinski definition) is 2. The van der Waals surface area contributed by atoms with Crippen LogP contribution in [0.1, 0.15) is 17.3 Å². The topological polar surface area (TPSA) is 62.2 Å². The first-order chi connectivity index (χ1) is 6.59. The Balaban J connectivity index is 2.57. The van der Waals surface area contributed by atoms with Gasteiger partial charge in [0.1, 0.15) is 0 Å². The molecule has 0 aliphatic rings. The maximum absolute atomic E-state index is 12.4. The Labute approximate surface area is 80.8 Å². The van der Waals surface area contributed by atoms with Crippen LogP contribution in [0.2, 0.25) is 0 Å². The summed E-state index contributed by atoms with van der Waals surface area (Å²) in [6.45, 7) is 1.72. The average molecular weight is 198 g/mol. The summed E-state index contributed by atoms with van der Waals surface area (Å²) < 4.78 is 12.4. The number of nitrogens with one attached hydrogen (secondary N) is 1. The van der Waals surface area contributed by atoms with Gasteiger partial charge in [-0.15, -0.1) is 0 Å². The van der Waals surface area contributed by atoms with Gasteiger partial charge in [0.25, 0.3) is 5.91 Å². The van der Waals surface area contributed by atoms with Crippen LogP contribution in [-0.4, -0.2) is 28.6 Å². The molecular formula is C9H11FN2O2. The molecule has 1 aromatic heterocycles. The van der Waals surface area contributed by atoms with Gasteiger partial charge in [-0.3, -0.25) is 4.79 Å². The molecule has 0 aliphatic carbocycles. The molecule has 1 aromatic rings. The fourth-order valence-corrected chi connectivity index (χ4v) is 0.853. The SMILES string of the molecule is CC(O)CNC(=O)c1ccc(F)nc1. The predicted octanol–water partition coefficient (Wildman–Crippen LogP) is 0.331. The van der Waals surface area contributed by atoms with Crippen LogP contribution in [0, 0.1) is 5.95 Å². The first kappa shape index (κ1) is 10.6. The molecule has 0 spiro atoms. The minimum absolute atomic E-state index is 0.163. The van der Waals surface area contributed by atoms with Crippen LogP contribution in [-0.2, 0) is 0 Å². The van der Waals surface area contributed by atoms with E-state index in [1.54, 1.807) is 6.92 Å². The van der Waals surface area contributed by atoms with E-state index in [1.807, 2.05) is 0 Å². The van der Waals surface area contributed by atoms with Crippen molar-refractivity contribution < 1.29 is 14.3 Å². The quantitative estimate of drug-likeness (QED) is 0.688. The highest BCUT2D eigenvalue weighted by molar-refractivity contribution is 5.93. The molecule has 0 saturated carbocycles. The van der Waals surface area contributed by atoms with E-state index in [-0.39, 0.29) is 18.0 Å². The van der Waals surface area contributed by atoms with E-state index in [0.717, 1.165) is 12.3 Å². The largest absolute Gasteiger partial charge is 0.392 e. The summed E-state index contributed by atoms with van der Waals surface area (Å²) in [5, 5.41) is 11.4. The third-order valence-electron chi connectivity index (χ3n) is 1.55. The normalized spacial score (nSPS) is 12.2. The molecule has 1 heterocycles. The summed E-state index contributed by atoms with van der Waals surface area (Å²) in [4.78, 5) is 14.6. The van der Waals surface area contributed by atoms with Gasteiger partial charge >= 0.3 is 0 Å². The van der Waals surface area contributed by atoms with Crippen molar-refractivity contribution in [3.8, 4) is 0 Å². The number of rotatable bonds is 3. The molecule has 0 aliphatic heterocycles.